The summed E-state index contributed by atoms with van der Waals surface area (Å²) in [5, 5.41) is 13.1. The van der Waals surface area contributed by atoms with Gasteiger partial charge in [0.2, 0.25) is 0 Å². The Hall–Kier alpha value is -2.24. The maximum absolute atomic E-state index is 11.5. The lowest BCUT2D eigenvalue weighted by atomic mass is 10.2. The highest BCUT2D eigenvalue weighted by Gasteiger charge is 2.14. The molecule has 0 atom stereocenters. The van der Waals surface area contributed by atoms with Gasteiger partial charge in [-0.15, -0.1) is 6.58 Å². The van der Waals surface area contributed by atoms with Gasteiger partial charge in [-0.2, -0.15) is 0 Å². The summed E-state index contributed by atoms with van der Waals surface area (Å²) in [6.07, 6.45) is 1.53. The molecule has 6 nitrogen and oxygen atoms in total. The van der Waals surface area contributed by atoms with E-state index < -0.39 is 4.92 Å². The number of hydrogen-bond acceptors (Lipinski definition) is 4. The van der Waals surface area contributed by atoms with Crippen molar-refractivity contribution in [3.8, 4) is 0 Å². The molecule has 1 amide bonds. The van der Waals surface area contributed by atoms with E-state index in [2.05, 4.69) is 16.9 Å². The van der Waals surface area contributed by atoms with Crippen LogP contribution < -0.4 is 5.32 Å². The molecule has 0 radical (unpaired) electrons. The van der Waals surface area contributed by atoms with Crippen molar-refractivity contribution >= 4 is 11.7 Å². The molecule has 1 rings (SSSR count). The highest BCUT2D eigenvalue weighted by molar-refractivity contribution is 5.94. The van der Waals surface area contributed by atoms with E-state index in [1.54, 1.807) is 6.92 Å². The SMILES string of the molecule is C=CCNC(=O)c1cc(C)nc([N+](=O)[O-])c1. The van der Waals surface area contributed by atoms with Gasteiger partial charge in [0.1, 0.15) is 0 Å². The molecule has 0 bridgehead atoms. The molecule has 1 heterocycles. The number of nitrogens with zero attached hydrogens (tertiary/aromatic N) is 2. The zero-order valence-corrected chi connectivity index (χ0v) is 8.77. The number of rotatable bonds is 4. The molecule has 0 aliphatic rings. The molecule has 84 valence electrons. The average molecular weight is 221 g/mol. The number of carbonyl (C=O) groups is 1. The lowest BCUT2D eigenvalue weighted by molar-refractivity contribution is -0.389. The molecule has 0 saturated heterocycles. The van der Waals surface area contributed by atoms with Gasteiger partial charge in [-0.1, -0.05) is 6.08 Å². The number of hydrogen-bond donors (Lipinski definition) is 1. The van der Waals surface area contributed by atoms with Crippen molar-refractivity contribution in [1.29, 1.82) is 0 Å². The summed E-state index contributed by atoms with van der Waals surface area (Å²) >= 11 is 0. The third kappa shape index (κ3) is 2.88. The summed E-state index contributed by atoms with van der Waals surface area (Å²) in [5.74, 6) is -0.711. The fourth-order valence-corrected chi connectivity index (χ4v) is 1.14. The Balaban J connectivity index is 3.00. The van der Waals surface area contributed by atoms with Crippen molar-refractivity contribution in [2.45, 2.75) is 6.92 Å². The molecule has 0 aliphatic carbocycles. The van der Waals surface area contributed by atoms with Gasteiger partial charge in [-0.3, -0.25) is 4.79 Å². The van der Waals surface area contributed by atoms with Gasteiger partial charge in [0.25, 0.3) is 5.91 Å². The smallest absolute Gasteiger partial charge is 0.358 e. The van der Waals surface area contributed by atoms with E-state index in [4.69, 9.17) is 0 Å². The molecule has 0 aliphatic heterocycles. The first-order valence-corrected chi connectivity index (χ1v) is 4.56. The minimum Gasteiger partial charge on any atom is -0.358 e. The lowest BCUT2D eigenvalue weighted by Gasteiger charge is -2.02. The van der Waals surface area contributed by atoms with Crippen molar-refractivity contribution in [3.63, 3.8) is 0 Å². The number of aromatic nitrogens is 1. The van der Waals surface area contributed by atoms with Crippen LogP contribution in [0.1, 0.15) is 16.1 Å². The highest BCUT2D eigenvalue weighted by Crippen LogP contribution is 2.12. The Morgan fingerprint density at radius 1 is 1.69 bits per heavy atom. The first kappa shape index (κ1) is 11.8. The van der Waals surface area contributed by atoms with Gasteiger partial charge in [0.15, 0.2) is 5.69 Å². The van der Waals surface area contributed by atoms with Crippen LogP contribution in [-0.2, 0) is 0 Å². The number of nitrogens with one attached hydrogen (secondary N) is 1. The Morgan fingerprint density at radius 3 is 2.94 bits per heavy atom. The van der Waals surface area contributed by atoms with Crippen LogP contribution in [0.4, 0.5) is 5.82 Å². The highest BCUT2D eigenvalue weighted by atomic mass is 16.6. The average Bonchev–Trinajstić information content (AvgIpc) is 2.24. The van der Waals surface area contributed by atoms with Crippen molar-refractivity contribution in [2.24, 2.45) is 0 Å². The molecule has 0 spiro atoms. The van der Waals surface area contributed by atoms with Gasteiger partial charge in [-0.05, 0) is 16.0 Å². The number of amides is 1. The topological polar surface area (TPSA) is 85.1 Å². The standard InChI is InChI=1S/C10H11N3O3/c1-3-4-11-10(14)8-5-7(2)12-9(6-8)13(15)16/h3,5-6H,1,4H2,2H3,(H,11,14). The second-order valence-corrected chi connectivity index (χ2v) is 3.11. The van der Waals surface area contributed by atoms with Crippen LogP contribution >= 0.6 is 0 Å². The second-order valence-electron chi connectivity index (χ2n) is 3.11. The summed E-state index contributed by atoms with van der Waals surface area (Å²) in [5.41, 5.74) is 0.652. The van der Waals surface area contributed by atoms with Gasteiger partial charge in [-0.25, -0.2) is 0 Å². The molecular weight excluding hydrogens is 210 g/mol. The van der Waals surface area contributed by atoms with Gasteiger partial charge in [0, 0.05) is 19.5 Å². The molecule has 0 saturated carbocycles. The molecule has 1 N–H and O–H groups in total. The number of pyridine rings is 1. The van der Waals surface area contributed by atoms with Gasteiger partial charge in [0.05, 0.1) is 5.56 Å². The van der Waals surface area contributed by atoms with Crippen molar-refractivity contribution in [1.82, 2.24) is 10.3 Å². The second kappa shape index (κ2) is 5.01. The van der Waals surface area contributed by atoms with Gasteiger partial charge < -0.3 is 15.4 Å². The van der Waals surface area contributed by atoms with Crippen molar-refractivity contribution in [2.75, 3.05) is 6.54 Å². The number of aryl methyl sites for hydroxylation is 1. The minimum atomic E-state index is -0.628. The Labute approximate surface area is 92.2 Å². The van der Waals surface area contributed by atoms with Crippen LogP contribution in [-0.4, -0.2) is 22.4 Å². The zero-order chi connectivity index (χ0) is 12.1. The van der Waals surface area contributed by atoms with Gasteiger partial charge >= 0.3 is 5.82 Å². The molecule has 1 aromatic rings. The summed E-state index contributed by atoms with van der Waals surface area (Å²) in [6.45, 7) is 5.36. The Kier molecular flexibility index (Phi) is 3.71. The number of carbonyl (C=O) groups excluding carboxylic acids is 1. The summed E-state index contributed by atoms with van der Waals surface area (Å²) < 4.78 is 0. The van der Waals surface area contributed by atoms with Crippen molar-refractivity contribution < 1.29 is 9.72 Å². The van der Waals surface area contributed by atoms with Crippen LogP contribution in [0.5, 0.6) is 0 Å². The summed E-state index contributed by atoms with van der Waals surface area (Å²) in [4.78, 5) is 25.1. The van der Waals surface area contributed by atoms with E-state index in [-0.39, 0.29) is 17.3 Å². The van der Waals surface area contributed by atoms with Crippen molar-refractivity contribution in [3.05, 3.63) is 46.2 Å². The zero-order valence-electron chi connectivity index (χ0n) is 8.77. The normalized spacial score (nSPS) is 9.56. The summed E-state index contributed by atoms with van der Waals surface area (Å²) in [6, 6.07) is 2.64. The van der Waals surface area contributed by atoms with E-state index in [1.807, 2.05) is 0 Å². The summed E-state index contributed by atoms with van der Waals surface area (Å²) in [7, 11) is 0. The van der Waals surface area contributed by atoms with Crippen LogP contribution in [0.15, 0.2) is 24.8 Å². The fourth-order valence-electron chi connectivity index (χ4n) is 1.14. The van der Waals surface area contributed by atoms with Crippen LogP contribution in [0, 0.1) is 17.0 Å². The third-order valence-corrected chi connectivity index (χ3v) is 1.80. The molecular formula is C10H11N3O3. The number of nitro groups is 1. The van der Waals surface area contributed by atoms with E-state index in [0.29, 0.717) is 12.2 Å². The molecule has 0 fully saturated rings. The molecule has 0 unspecified atom stereocenters. The molecule has 1 aromatic heterocycles. The van der Waals surface area contributed by atoms with Crippen LogP contribution in [0.2, 0.25) is 0 Å². The third-order valence-electron chi connectivity index (χ3n) is 1.80. The monoisotopic (exact) mass is 221 g/mol. The van der Waals surface area contributed by atoms with E-state index in [9.17, 15) is 14.9 Å². The fraction of sp³-hybridized carbons (Fsp3) is 0.200. The Morgan fingerprint density at radius 2 is 2.38 bits per heavy atom. The maximum Gasteiger partial charge on any atom is 0.364 e. The predicted molar refractivity (Wildman–Crippen MR) is 58.2 cm³/mol. The Bertz CT molecular complexity index is 443. The van der Waals surface area contributed by atoms with E-state index in [0.717, 1.165) is 6.07 Å². The van der Waals surface area contributed by atoms with E-state index in [1.165, 1.54) is 12.1 Å². The largest absolute Gasteiger partial charge is 0.364 e. The molecule has 6 heteroatoms. The molecule has 0 aromatic carbocycles. The van der Waals surface area contributed by atoms with Crippen LogP contribution in [0.25, 0.3) is 0 Å². The maximum atomic E-state index is 11.5. The first-order valence-electron chi connectivity index (χ1n) is 4.56. The van der Waals surface area contributed by atoms with E-state index >= 15 is 0 Å². The predicted octanol–water partition coefficient (Wildman–Crippen LogP) is 1.21. The minimum absolute atomic E-state index is 0.223. The quantitative estimate of drug-likeness (QED) is 0.470. The van der Waals surface area contributed by atoms with Crippen LogP contribution in [0.3, 0.4) is 0 Å². The lowest BCUT2D eigenvalue weighted by Crippen LogP contribution is -2.23. The first-order chi connectivity index (χ1) is 7.54. The molecule has 16 heavy (non-hydrogen) atoms.